The van der Waals surface area contributed by atoms with Gasteiger partial charge in [0.05, 0.1) is 16.1 Å². The van der Waals surface area contributed by atoms with Crippen molar-refractivity contribution in [1.29, 1.82) is 0 Å². The van der Waals surface area contributed by atoms with E-state index in [0.717, 1.165) is 30.6 Å². The van der Waals surface area contributed by atoms with E-state index in [1.807, 2.05) is 11.0 Å². The SMILES string of the molecule is Cc1ccc(C2N(c3ccc(Cl)c(Cl)c3)C(=O)C3CCCN32)cc1. The second kappa shape index (κ2) is 6.07. The highest BCUT2D eigenvalue weighted by atomic mass is 35.5. The van der Waals surface area contributed by atoms with Gasteiger partial charge in [0, 0.05) is 12.2 Å². The Morgan fingerprint density at radius 3 is 2.50 bits per heavy atom. The molecule has 2 unspecified atom stereocenters. The van der Waals surface area contributed by atoms with Gasteiger partial charge in [0.2, 0.25) is 5.91 Å². The van der Waals surface area contributed by atoms with Crippen LogP contribution in [0.4, 0.5) is 5.69 Å². The molecule has 4 rings (SSSR count). The van der Waals surface area contributed by atoms with E-state index in [4.69, 9.17) is 23.2 Å². The van der Waals surface area contributed by atoms with Crippen LogP contribution < -0.4 is 4.90 Å². The summed E-state index contributed by atoms with van der Waals surface area (Å²) in [5.74, 6) is 0.150. The van der Waals surface area contributed by atoms with E-state index < -0.39 is 0 Å². The molecule has 2 saturated heterocycles. The number of aryl methyl sites for hydroxylation is 1. The lowest BCUT2D eigenvalue weighted by molar-refractivity contribution is -0.119. The molecule has 2 atom stereocenters. The summed E-state index contributed by atoms with van der Waals surface area (Å²) < 4.78 is 0. The molecule has 0 saturated carbocycles. The van der Waals surface area contributed by atoms with Crippen molar-refractivity contribution in [2.75, 3.05) is 11.4 Å². The first kappa shape index (κ1) is 15.9. The molecular weight excluding hydrogens is 343 g/mol. The largest absolute Gasteiger partial charge is 0.290 e. The molecule has 24 heavy (non-hydrogen) atoms. The molecule has 5 heteroatoms. The zero-order valence-electron chi connectivity index (χ0n) is 13.4. The lowest BCUT2D eigenvalue weighted by Gasteiger charge is -2.30. The van der Waals surface area contributed by atoms with Crippen LogP contribution in [-0.4, -0.2) is 23.4 Å². The zero-order chi connectivity index (χ0) is 16.8. The van der Waals surface area contributed by atoms with E-state index in [0.29, 0.717) is 10.0 Å². The fourth-order valence-corrected chi connectivity index (χ4v) is 4.05. The van der Waals surface area contributed by atoms with Crippen molar-refractivity contribution in [1.82, 2.24) is 4.90 Å². The number of rotatable bonds is 2. The molecule has 3 nitrogen and oxygen atoms in total. The number of hydrogen-bond acceptors (Lipinski definition) is 2. The number of nitrogens with zero attached hydrogens (tertiary/aromatic N) is 2. The monoisotopic (exact) mass is 360 g/mol. The van der Waals surface area contributed by atoms with Crippen molar-refractivity contribution in [3.8, 4) is 0 Å². The third-order valence-electron chi connectivity index (χ3n) is 4.93. The van der Waals surface area contributed by atoms with Gasteiger partial charge in [-0.05, 0) is 43.5 Å². The summed E-state index contributed by atoms with van der Waals surface area (Å²) in [7, 11) is 0. The summed E-state index contributed by atoms with van der Waals surface area (Å²) in [5, 5.41) is 0.969. The third kappa shape index (κ3) is 2.52. The average Bonchev–Trinajstić information content (AvgIpc) is 3.14. The van der Waals surface area contributed by atoms with Crippen LogP contribution in [0.1, 0.15) is 30.1 Å². The standard InChI is InChI=1S/C19H18Cl2N2O/c1-12-4-6-13(7-5-12)18-22-10-2-3-17(22)19(24)23(18)14-8-9-15(20)16(21)11-14/h4-9,11,17-18H,2-3,10H2,1H3. The van der Waals surface area contributed by atoms with Crippen molar-refractivity contribution in [2.45, 2.75) is 32.0 Å². The molecule has 124 valence electrons. The summed E-state index contributed by atoms with van der Waals surface area (Å²) in [5.41, 5.74) is 3.14. The predicted molar refractivity (Wildman–Crippen MR) is 97.6 cm³/mol. The Bertz CT molecular complexity index is 790. The predicted octanol–water partition coefficient (Wildman–Crippen LogP) is 4.81. The maximum absolute atomic E-state index is 13.0. The molecule has 0 bridgehead atoms. The molecule has 0 radical (unpaired) electrons. The van der Waals surface area contributed by atoms with Crippen LogP contribution in [-0.2, 0) is 4.79 Å². The van der Waals surface area contributed by atoms with Crippen LogP contribution in [0.3, 0.4) is 0 Å². The number of fused-ring (bicyclic) bond motifs is 1. The van der Waals surface area contributed by atoms with E-state index in [9.17, 15) is 4.79 Å². The first-order chi connectivity index (χ1) is 11.6. The van der Waals surface area contributed by atoms with Crippen molar-refractivity contribution >= 4 is 34.8 Å². The summed E-state index contributed by atoms with van der Waals surface area (Å²) in [4.78, 5) is 17.2. The van der Waals surface area contributed by atoms with Gasteiger partial charge in [-0.15, -0.1) is 0 Å². The molecule has 0 spiro atoms. The molecule has 2 heterocycles. The second-order valence-corrected chi connectivity index (χ2v) is 7.30. The van der Waals surface area contributed by atoms with Crippen molar-refractivity contribution in [3.05, 3.63) is 63.6 Å². The zero-order valence-corrected chi connectivity index (χ0v) is 14.9. The highest BCUT2D eigenvalue weighted by Gasteiger charge is 2.49. The van der Waals surface area contributed by atoms with Gasteiger partial charge in [-0.25, -0.2) is 0 Å². The van der Waals surface area contributed by atoms with Gasteiger partial charge in [-0.3, -0.25) is 14.6 Å². The lowest BCUT2D eigenvalue weighted by atomic mass is 10.1. The van der Waals surface area contributed by atoms with Crippen LogP contribution in [0.2, 0.25) is 10.0 Å². The molecule has 2 aliphatic heterocycles. The number of carbonyl (C=O) groups is 1. The summed E-state index contributed by atoms with van der Waals surface area (Å²) in [6.07, 6.45) is 1.90. The minimum absolute atomic E-state index is 0.0363. The lowest BCUT2D eigenvalue weighted by Crippen LogP contribution is -2.32. The number of hydrogen-bond donors (Lipinski definition) is 0. The molecule has 0 N–H and O–H groups in total. The Morgan fingerprint density at radius 1 is 1.04 bits per heavy atom. The van der Waals surface area contributed by atoms with Crippen LogP contribution in [0, 0.1) is 6.92 Å². The van der Waals surface area contributed by atoms with Crippen molar-refractivity contribution in [3.63, 3.8) is 0 Å². The van der Waals surface area contributed by atoms with Gasteiger partial charge in [0.1, 0.15) is 6.17 Å². The quantitative estimate of drug-likeness (QED) is 0.766. The first-order valence-corrected chi connectivity index (χ1v) is 8.92. The number of amides is 1. The number of halogens is 2. The summed E-state index contributed by atoms with van der Waals surface area (Å²) >= 11 is 12.2. The number of benzene rings is 2. The third-order valence-corrected chi connectivity index (χ3v) is 5.67. The Labute approximate surface area is 151 Å². The molecule has 2 aliphatic rings. The molecule has 2 aromatic rings. The smallest absolute Gasteiger partial charge is 0.246 e. The summed E-state index contributed by atoms with van der Waals surface area (Å²) in [6, 6.07) is 13.8. The second-order valence-electron chi connectivity index (χ2n) is 6.49. The van der Waals surface area contributed by atoms with Gasteiger partial charge < -0.3 is 0 Å². The van der Waals surface area contributed by atoms with Gasteiger partial charge in [-0.2, -0.15) is 0 Å². The van der Waals surface area contributed by atoms with E-state index in [1.165, 1.54) is 5.56 Å². The minimum atomic E-state index is -0.0807. The van der Waals surface area contributed by atoms with Gasteiger partial charge in [-0.1, -0.05) is 53.0 Å². The maximum Gasteiger partial charge on any atom is 0.246 e. The van der Waals surface area contributed by atoms with Gasteiger partial charge in [0.15, 0.2) is 0 Å². The van der Waals surface area contributed by atoms with Crippen LogP contribution >= 0.6 is 23.2 Å². The highest BCUT2D eigenvalue weighted by molar-refractivity contribution is 6.42. The van der Waals surface area contributed by atoms with Crippen molar-refractivity contribution in [2.24, 2.45) is 0 Å². The minimum Gasteiger partial charge on any atom is -0.290 e. The molecule has 2 aromatic carbocycles. The van der Waals surface area contributed by atoms with Crippen LogP contribution in [0.15, 0.2) is 42.5 Å². The normalized spacial score (nSPS) is 23.8. The van der Waals surface area contributed by atoms with Crippen LogP contribution in [0.5, 0.6) is 0 Å². The molecule has 0 aliphatic carbocycles. The van der Waals surface area contributed by atoms with Crippen LogP contribution in [0.25, 0.3) is 0 Å². The number of carbonyl (C=O) groups excluding carboxylic acids is 1. The Hall–Kier alpha value is -1.55. The molecule has 2 fully saturated rings. The van der Waals surface area contributed by atoms with E-state index >= 15 is 0 Å². The fraction of sp³-hybridized carbons (Fsp3) is 0.316. The molecular formula is C19H18Cl2N2O. The number of anilines is 1. The van der Waals surface area contributed by atoms with E-state index in [1.54, 1.807) is 12.1 Å². The first-order valence-electron chi connectivity index (χ1n) is 8.17. The molecule has 0 aromatic heterocycles. The van der Waals surface area contributed by atoms with E-state index in [-0.39, 0.29) is 18.1 Å². The Balaban J connectivity index is 1.81. The van der Waals surface area contributed by atoms with Gasteiger partial charge >= 0.3 is 0 Å². The fourth-order valence-electron chi connectivity index (χ4n) is 3.76. The maximum atomic E-state index is 13.0. The Kier molecular flexibility index (Phi) is 4.03. The van der Waals surface area contributed by atoms with E-state index in [2.05, 4.69) is 36.1 Å². The van der Waals surface area contributed by atoms with Gasteiger partial charge in [0.25, 0.3) is 0 Å². The highest BCUT2D eigenvalue weighted by Crippen LogP contribution is 2.43. The Morgan fingerprint density at radius 2 is 1.79 bits per heavy atom. The van der Waals surface area contributed by atoms with Crippen molar-refractivity contribution < 1.29 is 4.79 Å². The average molecular weight is 361 g/mol. The molecule has 1 amide bonds. The topological polar surface area (TPSA) is 23.6 Å². The summed E-state index contributed by atoms with van der Waals surface area (Å²) in [6.45, 7) is 3.01.